The number of nitrogen functional groups attached to an aromatic ring is 1. The van der Waals surface area contributed by atoms with E-state index >= 15 is 0 Å². The second kappa shape index (κ2) is 16.4. The maximum absolute atomic E-state index is 14.2. The van der Waals surface area contributed by atoms with Crippen LogP contribution in [-0.4, -0.2) is 84.0 Å². The molecule has 52 heavy (non-hydrogen) atoms. The van der Waals surface area contributed by atoms with Gasteiger partial charge in [-0.2, -0.15) is 0 Å². The molecule has 0 radical (unpaired) electrons. The van der Waals surface area contributed by atoms with Crippen LogP contribution in [0.2, 0.25) is 0 Å². The number of methoxy groups -OCH3 is 1. The number of rotatable bonds is 14. The van der Waals surface area contributed by atoms with E-state index < -0.39 is 47.9 Å². The number of anilines is 1. The lowest BCUT2D eigenvalue weighted by molar-refractivity contribution is -0.154. The molecule has 2 aliphatic heterocycles. The van der Waals surface area contributed by atoms with Crippen molar-refractivity contribution in [2.45, 2.75) is 17.5 Å². The van der Waals surface area contributed by atoms with E-state index in [4.69, 9.17) is 29.5 Å². The van der Waals surface area contributed by atoms with E-state index in [-0.39, 0.29) is 34.6 Å². The number of aromatic nitrogens is 1. The summed E-state index contributed by atoms with van der Waals surface area (Å²) in [5.41, 5.74) is 7.45. The number of β-lactam (4-membered cyclic amide) rings is 1. The summed E-state index contributed by atoms with van der Waals surface area (Å²) in [6, 6.07) is 24.0. The molecule has 1 saturated heterocycles. The number of fused-ring (bicyclic) bond motifs is 1. The lowest BCUT2D eigenvalue weighted by Crippen LogP contribution is -2.71. The summed E-state index contributed by atoms with van der Waals surface area (Å²) in [7, 11) is 2.82. The summed E-state index contributed by atoms with van der Waals surface area (Å²) in [4.78, 5) is 64.3. The molecule has 0 spiro atoms. The lowest BCUT2D eigenvalue weighted by atomic mass is 10.0. The minimum absolute atomic E-state index is 0.0713. The zero-order valence-electron chi connectivity index (χ0n) is 27.9. The van der Waals surface area contributed by atoms with Gasteiger partial charge in [0.2, 0.25) is 0 Å². The van der Waals surface area contributed by atoms with E-state index in [2.05, 4.69) is 15.5 Å². The second-order valence-corrected chi connectivity index (χ2v) is 13.2. The number of hydrogen-bond donors (Lipinski definition) is 2. The highest BCUT2D eigenvalue weighted by Gasteiger charge is 2.55. The van der Waals surface area contributed by atoms with Crippen molar-refractivity contribution in [3.05, 3.63) is 118 Å². The molecule has 14 nitrogen and oxygen atoms in total. The Balaban J connectivity index is 1.23. The van der Waals surface area contributed by atoms with Gasteiger partial charge in [-0.05, 0) is 35.4 Å². The molecule has 2 amide bonds. The highest BCUT2D eigenvalue weighted by Crippen LogP contribution is 2.42. The first kappa shape index (κ1) is 35.9. The van der Waals surface area contributed by atoms with E-state index in [0.29, 0.717) is 28.2 Å². The summed E-state index contributed by atoms with van der Waals surface area (Å²) >= 11 is 2.40. The van der Waals surface area contributed by atoms with Crippen molar-refractivity contribution in [2.75, 3.05) is 38.9 Å². The number of hydrogen-bond acceptors (Lipinski definition) is 14. The second-order valence-electron chi connectivity index (χ2n) is 11.2. The van der Waals surface area contributed by atoms with E-state index in [0.717, 1.165) is 11.3 Å². The van der Waals surface area contributed by atoms with Gasteiger partial charge in [0.1, 0.15) is 48.0 Å². The van der Waals surface area contributed by atoms with Crippen LogP contribution in [0.5, 0.6) is 11.5 Å². The first-order valence-corrected chi connectivity index (χ1v) is 17.7. The Morgan fingerprint density at radius 1 is 0.981 bits per heavy atom. The Bertz CT molecular complexity index is 1950. The molecule has 3 N–H and O–H groups in total. The van der Waals surface area contributed by atoms with Crippen molar-refractivity contribution in [3.8, 4) is 11.5 Å². The Kier molecular flexibility index (Phi) is 11.4. The number of ether oxygens (including phenoxy) is 4. The predicted molar refractivity (Wildman–Crippen MR) is 192 cm³/mol. The molecule has 2 aliphatic rings. The van der Waals surface area contributed by atoms with Crippen LogP contribution >= 0.6 is 23.1 Å². The number of carbonyl (C=O) groups is 4. The van der Waals surface area contributed by atoms with Crippen molar-refractivity contribution in [2.24, 2.45) is 5.16 Å². The largest absolute Gasteiger partial charge is 0.497 e. The third-order valence-corrected chi connectivity index (χ3v) is 9.96. The fourth-order valence-corrected chi connectivity index (χ4v) is 7.33. The normalized spacial score (nSPS) is 16.8. The summed E-state index contributed by atoms with van der Waals surface area (Å²) in [6.07, 6.45) is -0.817. The Morgan fingerprint density at radius 3 is 2.23 bits per heavy atom. The number of benzene rings is 3. The molecule has 1 fully saturated rings. The molecule has 0 bridgehead atoms. The highest BCUT2D eigenvalue weighted by atomic mass is 32.2. The molecule has 3 aromatic carbocycles. The van der Waals surface area contributed by atoms with Crippen LogP contribution in [0.15, 0.2) is 107 Å². The first-order valence-electron chi connectivity index (χ1n) is 15.8. The van der Waals surface area contributed by atoms with Crippen LogP contribution in [0.3, 0.4) is 0 Å². The van der Waals surface area contributed by atoms with Gasteiger partial charge in [-0.25, -0.2) is 14.6 Å². The number of amides is 2. The predicted octanol–water partition coefficient (Wildman–Crippen LogP) is 3.69. The molecule has 16 heteroatoms. The van der Waals surface area contributed by atoms with Crippen LogP contribution in [0, 0.1) is 0 Å². The molecule has 0 aliphatic carbocycles. The maximum atomic E-state index is 14.2. The zero-order chi connectivity index (χ0) is 36.6. The van der Waals surface area contributed by atoms with Crippen LogP contribution in [-0.2, 0) is 33.5 Å². The van der Waals surface area contributed by atoms with E-state index in [9.17, 15) is 19.2 Å². The topological polar surface area (TPSA) is 181 Å². The standard InChI is InChI=1S/C36H33N5O9S2/c1-46-24-13-15-25(16-14-24)48-18-27(42)49-17-23-19-51-34-29(39-32(43)28(40-47-2)26-20-52-36(37)38-26)33(44)41(34)30(23)35(45)50-31(21-9-5-3-6-10-21)22-11-7-4-8-12-22/h3-16,20,29,31,34H,17-19H2,1-2H3,(H2,37,38)(H,39,43)/t29?,34-/m1/s1. The van der Waals surface area contributed by atoms with Crippen molar-refractivity contribution in [1.29, 1.82) is 0 Å². The van der Waals surface area contributed by atoms with Gasteiger partial charge in [0, 0.05) is 16.7 Å². The summed E-state index contributed by atoms with van der Waals surface area (Å²) in [5, 5.41) is 7.56. The molecule has 1 unspecified atom stereocenters. The van der Waals surface area contributed by atoms with E-state index in [1.807, 2.05) is 60.7 Å². The third kappa shape index (κ3) is 8.03. The first-order chi connectivity index (χ1) is 25.3. The number of nitrogens with zero attached hydrogens (tertiary/aromatic N) is 3. The summed E-state index contributed by atoms with van der Waals surface area (Å²) in [6.45, 7) is -0.709. The molecule has 3 heterocycles. The Labute approximate surface area is 306 Å². The number of esters is 2. The smallest absolute Gasteiger partial charge is 0.356 e. The van der Waals surface area contributed by atoms with E-state index in [1.54, 1.807) is 36.8 Å². The Morgan fingerprint density at radius 2 is 1.63 bits per heavy atom. The molecule has 6 rings (SSSR count). The average Bonchev–Trinajstić information content (AvgIpc) is 3.62. The molecular weight excluding hydrogens is 711 g/mol. The third-order valence-electron chi connectivity index (χ3n) is 7.94. The van der Waals surface area contributed by atoms with Crippen LogP contribution in [0.1, 0.15) is 22.9 Å². The summed E-state index contributed by atoms with van der Waals surface area (Å²) in [5.74, 6) is -1.55. The van der Waals surface area contributed by atoms with E-state index in [1.165, 1.54) is 23.8 Å². The van der Waals surface area contributed by atoms with Crippen molar-refractivity contribution >= 4 is 57.7 Å². The van der Waals surface area contributed by atoms with Gasteiger partial charge < -0.3 is 34.8 Å². The van der Waals surface area contributed by atoms with Gasteiger partial charge in [-0.1, -0.05) is 65.8 Å². The zero-order valence-corrected chi connectivity index (χ0v) is 29.6. The molecular formula is C36H33N5O9S2. The lowest BCUT2D eigenvalue weighted by Gasteiger charge is -2.49. The van der Waals surface area contributed by atoms with Gasteiger partial charge in [0.15, 0.2) is 23.6 Å². The maximum Gasteiger partial charge on any atom is 0.356 e. The van der Waals surface area contributed by atoms with Crippen LogP contribution < -0.4 is 20.5 Å². The highest BCUT2D eigenvalue weighted by molar-refractivity contribution is 8.00. The molecule has 1 aromatic heterocycles. The van der Waals surface area contributed by atoms with Gasteiger partial charge in [-0.3, -0.25) is 14.5 Å². The monoisotopic (exact) mass is 743 g/mol. The van der Waals surface area contributed by atoms with Crippen LogP contribution in [0.25, 0.3) is 0 Å². The molecule has 4 aromatic rings. The minimum atomic E-state index is -1.03. The van der Waals surface area contributed by atoms with Gasteiger partial charge in [0.25, 0.3) is 11.8 Å². The van der Waals surface area contributed by atoms with Crippen LogP contribution in [0.4, 0.5) is 5.13 Å². The van der Waals surface area contributed by atoms with Crippen molar-refractivity contribution in [3.63, 3.8) is 0 Å². The summed E-state index contributed by atoms with van der Waals surface area (Å²) < 4.78 is 22.4. The molecule has 0 saturated carbocycles. The quantitative estimate of drug-likeness (QED) is 0.0829. The van der Waals surface area contributed by atoms with Crippen molar-refractivity contribution in [1.82, 2.24) is 15.2 Å². The molecule has 2 atom stereocenters. The van der Waals surface area contributed by atoms with Gasteiger partial charge in [0.05, 0.1) is 7.11 Å². The number of carbonyl (C=O) groups excluding carboxylic acids is 4. The number of oxime groups is 1. The number of nitrogens with two attached hydrogens (primary N) is 1. The Hall–Kier alpha value is -5.87. The average molecular weight is 744 g/mol. The van der Waals surface area contributed by atoms with Gasteiger partial charge >= 0.3 is 11.9 Å². The minimum Gasteiger partial charge on any atom is -0.497 e. The SMILES string of the molecule is CON=C(C(=O)NC1C(=O)N2C(C(=O)OC(c3ccccc3)c3ccccc3)=C(COC(=O)COc3ccc(OC)cc3)CS[C@H]12)c1csc(N)n1. The fraction of sp³-hybridized carbons (Fsp3) is 0.222. The fourth-order valence-electron chi connectivity index (χ4n) is 5.46. The number of thiazole rings is 1. The van der Waals surface area contributed by atoms with Crippen molar-refractivity contribution < 1.29 is 43.0 Å². The van der Waals surface area contributed by atoms with Gasteiger partial charge in [-0.15, -0.1) is 23.1 Å². The number of thioether (sulfide) groups is 1. The number of nitrogens with one attached hydrogen (secondary N) is 1. The molecule has 268 valence electrons.